The molecule has 0 fully saturated rings. The Balaban J connectivity index is 2.04. The smallest absolute Gasteiger partial charge is 0.339 e. The molecule has 0 aliphatic carbocycles. The molecule has 0 amide bonds. The number of aromatic carboxylic acids is 1. The largest absolute Gasteiger partial charge is 0.496 e. The minimum atomic E-state index is -1.01. The van der Waals surface area contributed by atoms with Gasteiger partial charge in [-0.3, -0.25) is 0 Å². The Bertz CT molecular complexity index is 844. The van der Waals surface area contributed by atoms with Crippen LogP contribution in [0.1, 0.15) is 10.4 Å². The van der Waals surface area contributed by atoms with E-state index in [2.05, 4.69) is 4.98 Å². The highest BCUT2D eigenvalue weighted by Gasteiger charge is 2.12. The number of carbonyl (C=O) groups is 1. The molecule has 0 aliphatic heterocycles. The summed E-state index contributed by atoms with van der Waals surface area (Å²) in [4.78, 5) is 15.8. The fraction of sp³-hybridized carbons (Fsp3) is 0.0526. The lowest BCUT2D eigenvalue weighted by atomic mass is 10.1. The van der Waals surface area contributed by atoms with Crippen molar-refractivity contribution in [2.75, 3.05) is 7.11 Å². The van der Waals surface area contributed by atoms with Crippen LogP contribution in [0, 0.1) is 0 Å². The molecule has 1 heterocycles. The molecule has 0 spiro atoms. The van der Waals surface area contributed by atoms with Crippen LogP contribution in [0.25, 0.3) is 22.5 Å². The molecule has 0 atom stereocenters. The van der Waals surface area contributed by atoms with Crippen molar-refractivity contribution in [1.82, 2.24) is 4.98 Å². The molecule has 2 aromatic carbocycles. The lowest BCUT2D eigenvalue weighted by Gasteiger charge is -2.09. The van der Waals surface area contributed by atoms with E-state index in [4.69, 9.17) is 9.84 Å². The number of carboxylic acid groups (broad SMARTS) is 1. The number of benzene rings is 2. The Kier molecular flexibility index (Phi) is 4.06. The van der Waals surface area contributed by atoms with Crippen LogP contribution in [-0.2, 0) is 0 Å². The van der Waals surface area contributed by atoms with Crippen LogP contribution in [0.3, 0.4) is 0 Å². The van der Waals surface area contributed by atoms with Gasteiger partial charge >= 0.3 is 5.97 Å². The van der Waals surface area contributed by atoms with Crippen LogP contribution >= 0.6 is 0 Å². The number of ether oxygens (including phenoxy) is 1. The van der Waals surface area contributed by atoms with Gasteiger partial charge in [0, 0.05) is 11.1 Å². The number of hydrogen-bond acceptors (Lipinski definition) is 3. The van der Waals surface area contributed by atoms with Gasteiger partial charge in [-0.15, -0.1) is 0 Å². The average Bonchev–Trinajstić information content (AvgIpc) is 2.62. The molecule has 1 aromatic heterocycles. The molecule has 0 unspecified atom stereocenters. The summed E-state index contributed by atoms with van der Waals surface area (Å²) in [6, 6.07) is 20.6. The van der Waals surface area contributed by atoms with Crippen LogP contribution in [0.5, 0.6) is 5.75 Å². The van der Waals surface area contributed by atoms with Gasteiger partial charge in [0.25, 0.3) is 0 Å². The molecule has 1 N–H and O–H groups in total. The molecule has 0 bridgehead atoms. The highest BCUT2D eigenvalue weighted by Crippen LogP contribution is 2.28. The number of nitrogens with zero attached hydrogens (tertiary/aromatic N) is 1. The van der Waals surface area contributed by atoms with Gasteiger partial charge in [-0.25, -0.2) is 9.78 Å². The van der Waals surface area contributed by atoms with E-state index in [1.807, 2.05) is 48.5 Å². The number of pyridine rings is 1. The minimum Gasteiger partial charge on any atom is -0.496 e. The maximum absolute atomic E-state index is 11.2. The molecule has 114 valence electrons. The second-order valence-electron chi connectivity index (χ2n) is 4.99. The van der Waals surface area contributed by atoms with Crippen LogP contribution in [0.4, 0.5) is 0 Å². The SMILES string of the molecule is COc1cc(-c2cccc(-c3ccccc3)n2)ccc1C(=O)O. The summed E-state index contributed by atoms with van der Waals surface area (Å²) in [5.41, 5.74) is 3.61. The molecule has 23 heavy (non-hydrogen) atoms. The predicted octanol–water partition coefficient (Wildman–Crippen LogP) is 4.12. The van der Waals surface area contributed by atoms with Crippen LogP contribution in [0.15, 0.2) is 66.7 Å². The van der Waals surface area contributed by atoms with Crippen molar-refractivity contribution in [2.24, 2.45) is 0 Å². The van der Waals surface area contributed by atoms with Gasteiger partial charge in [0.05, 0.1) is 18.5 Å². The summed E-state index contributed by atoms with van der Waals surface area (Å²) in [6.45, 7) is 0. The summed E-state index contributed by atoms with van der Waals surface area (Å²) in [5.74, 6) is -0.693. The minimum absolute atomic E-state index is 0.135. The van der Waals surface area contributed by atoms with Gasteiger partial charge in [-0.05, 0) is 24.3 Å². The normalized spacial score (nSPS) is 10.3. The van der Waals surface area contributed by atoms with Crippen molar-refractivity contribution in [3.05, 3.63) is 72.3 Å². The summed E-state index contributed by atoms with van der Waals surface area (Å²) >= 11 is 0. The molecule has 0 aliphatic rings. The molecule has 3 rings (SSSR count). The number of hydrogen-bond donors (Lipinski definition) is 1. The summed E-state index contributed by atoms with van der Waals surface area (Å²) in [6.07, 6.45) is 0. The third-order valence-corrected chi connectivity index (χ3v) is 3.55. The van der Waals surface area contributed by atoms with E-state index in [9.17, 15) is 4.79 Å². The predicted molar refractivity (Wildman–Crippen MR) is 88.6 cm³/mol. The number of rotatable bonds is 4. The fourth-order valence-electron chi connectivity index (χ4n) is 2.39. The van der Waals surface area contributed by atoms with Crippen molar-refractivity contribution in [2.45, 2.75) is 0 Å². The first-order chi connectivity index (χ1) is 11.2. The Morgan fingerprint density at radius 2 is 1.61 bits per heavy atom. The van der Waals surface area contributed by atoms with Crippen LogP contribution in [-0.4, -0.2) is 23.2 Å². The van der Waals surface area contributed by atoms with E-state index in [1.165, 1.54) is 13.2 Å². The number of aromatic nitrogens is 1. The third kappa shape index (κ3) is 3.06. The van der Waals surface area contributed by atoms with Crippen molar-refractivity contribution in [3.8, 4) is 28.3 Å². The fourth-order valence-corrected chi connectivity index (χ4v) is 2.39. The Morgan fingerprint density at radius 3 is 2.26 bits per heavy atom. The molecule has 4 nitrogen and oxygen atoms in total. The third-order valence-electron chi connectivity index (χ3n) is 3.55. The Hall–Kier alpha value is -3.14. The van der Waals surface area contributed by atoms with Gasteiger partial charge < -0.3 is 9.84 Å². The van der Waals surface area contributed by atoms with Crippen LogP contribution < -0.4 is 4.74 Å². The molecular formula is C19H15NO3. The first-order valence-electron chi connectivity index (χ1n) is 7.13. The second-order valence-corrected chi connectivity index (χ2v) is 4.99. The molecular weight excluding hydrogens is 290 g/mol. The van der Waals surface area contributed by atoms with Crippen molar-refractivity contribution < 1.29 is 14.6 Å². The van der Waals surface area contributed by atoms with Crippen LogP contribution in [0.2, 0.25) is 0 Å². The van der Waals surface area contributed by atoms with Gasteiger partial charge in [0.2, 0.25) is 0 Å². The van der Waals surface area contributed by atoms with Gasteiger partial charge in [-0.1, -0.05) is 42.5 Å². The second kappa shape index (κ2) is 6.32. The van der Waals surface area contributed by atoms with E-state index < -0.39 is 5.97 Å². The first-order valence-corrected chi connectivity index (χ1v) is 7.13. The molecule has 0 saturated carbocycles. The van der Waals surface area contributed by atoms with Crippen molar-refractivity contribution in [3.63, 3.8) is 0 Å². The zero-order valence-corrected chi connectivity index (χ0v) is 12.6. The highest BCUT2D eigenvalue weighted by molar-refractivity contribution is 5.91. The zero-order chi connectivity index (χ0) is 16.2. The van der Waals surface area contributed by atoms with Gasteiger partial charge in [0.15, 0.2) is 0 Å². The summed E-state index contributed by atoms with van der Waals surface area (Å²) in [5, 5.41) is 9.16. The molecule has 3 aromatic rings. The van der Waals surface area contributed by atoms with E-state index in [-0.39, 0.29) is 5.56 Å². The average molecular weight is 305 g/mol. The topological polar surface area (TPSA) is 59.4 Å². The van der Waals surface area contributed by atoms with E-state index >= 15 is 0 Å². The Labute approximate surface area is 134 Å². The van der Waals surface area contributed by atoms with Gasteiger partial charge in [-0.2, -0.15) is 0 Å². The maximum Gasteiger partial charge on any atom is 0.339 e. The summed E-state index contributed by atoms with van der Waals surface area (Å²) < 4.78 is 5.18. The molecule has 0 radical (unpaired) electrons. The van der Waals surface area contributed by atoms with Crippen molar-refractivity contribution in [1.29, 1.82) is 0 Å². The monoisotopic (exact) mass is 305 g/mol. The van der Waals surface area contributed by atoms with Gasteiger partial charge in [0.1, 0.15) is 11.3 Å². The lowest BCUT2D eigenvalue weighted by molar-refractivity contribution is 0.0693. The zero-order valence-electron chi connectivity index (χ0n) is 12.6. The van der Waals surface area contributed by atoms with E-state index in [0.29, 0.717) is 5.75 Å². The maximum atomic E-state index is 11.2. The summed E-state index contributed by atoms with van der Waals surface area (Å²) in [7, 11) is 1.46. The van der Waals surface area contributed by atoms with E-state index in [0.717, 1.165) is 22.5 Å². The highest BCUT2D eigenvalue weighted by atomic mass is 16.5. The lowest BCUT2D eigenvalue weighted by Crippen LogP contribution is -2.00. The quantitative estimate of drug-likeness (QED) is 0.787. The first kappa shape index (κ1) is 14.8. The Morgan fingerprint density at radius 1 is 0.913 bits per heavy atom. The van der Waals surface area contributed by atoms with Crippen molar-refractivity contribution >= 4 is 5.97 Å². The number of methoxy groups -OCH3 is 1. The molecule has 4 heteroatoms. The number of carboxylic acids is 1. The standard InChI is InChI=1S/C19H15NO3/c1-23-18-12-14(10-11-15(18)19(21)22)17-9-5-8-16(20-17)13-6-3-2-4-7-13/h2-12H,1H3,(H,21,22). The van der Waals surface area contributed by atoms with E-state index in [1.54, 1.807) is 12.1 Å². The molecule has 0 saturated heterocycles.